The average molecular weight is 345 g/mol. The monoisotopic (exact) mass is 344 g/mol. The van der Waals surface area contributed by atoms with Crippen molar-refractivity contribution in [2.45, 2.75) is 17.5 Å². The fourth-order valence-corrected chi connectivity index (χ4v) is 2.83. The molecule has 1 heterocycles. The quantitative estimate of drug-likeness (QED) is 0.804. The predicted molar refractivity (Wildman–Crippen MR) is 75.2 cm³/mol. The molecule has 0 unspecified atom stereocenters. The van der Waals surface area contributed by atoms with E-state index in [1.165, 1.54) is 11.8 Å². The summed E-state index contributed by atoms with van der Waals surface area (Å²) in [5.41, 5.74) is 1.06. The van der Waals surface area contributed by atoms with Crippen molar-refractivity contribution >= 4 is 27.7 Å². The number of aliphatic hydroxyl groups is 1. The van der Waals surface area contributed by atoms with Crippen molar-refractivity contribution in [3.63, 3.8) is 0 Å². The zero-order valence-electron chi connectivity index (χ0n) is 10.3. The summed E-state index contributed by atoms with van der Waals surface area (Å²) in [4.78, 5) is 0. The normalized spacial score (nSPS) is 10.7. The van der Waals surface area contributed by atoms with E-state index in [4.69, 9.17) is 9.84 Å². The van der Waals surface area contributed by atoms with Gasteiger partial charge in [-0.15, -0.1) is 5.10 Å². The minimum atomic E-state index is 0.0127. The number of hydrogen-bond donors (Lipinski definition) is 1. The molecular weight excluding hydrogens is 332 g/mol. The standard InChI is InChI=1S/C11H13BrN4O2S/c1-18-10-3-2-9(12)6-8(10)7-19-11-13-14-15-16(11)4-5-17/h2-3,6,17H,4-5,7H2,1H3. The van der Waals surface area contributed by atoms with Gasteiger partial charge < -0.3 is 9.84 Å². The molecule has 102 valence electrons. The lowest BCUT2D eigenvalue weighted by atomic mass is 10.2. The van der Waals surface area contributed by atoms with Crippen LogP contribution in [0.4, 0.5) is 0 Å². The molecule has 6 nitrogen and oxygen atoms in total. The second-order valence-electron chi connectivity index (χ2n) is 3.65. The van der Waals surface area contributed by atoms with Gasteiger partial charge in [-0.05, 0) is 28.6 Å². The highest BCUT2D eigenvalue weighted by molar-refractivity contribution is 9.10. The molecule has 0 radical (unpaired) electrons. The van der Waals surface area contributed by atoms with E-state index in [1.807, 2.05) is 18.2 Å². The Morgan fingerprint density at radius 3 is 3.05 bits per heavy atom. The zero-order valence-corrected chi connectivity index (χ0v) is 12.7. The number of hydrogen-bond acceptors (Lipinski definition) is 6. The molecule has 0 atom stereocenters. The van der Waals surface area contributed by atoms with Crippen molar-refractivity contribution in [2.24, 2.45) is 0 Å². The molecule has 1 aromatic heterocycles. The Hall–Kier alpha value is -1.12. The van der Waals surface area contributed by atoms with Gasteiger partial charge in [0.05, 0.1) is 20.3 Å². The van der Waals surface area contributed by atoms with Gasteiger partial charge in [0.15, 0.2) is 0 Å². The third kappa shape index (κ3) is 3.68. The molecule has 0 aliphatic carbocycles. The first-order chi connectivity index (χ1) is 9.24. The number of nitrogens with zero attached hydrogens (tertiary/aromatic N) is 4. The van der Waals surface area contributed by atoms with Crippen molar-refractivity contribution in [3.05, 3.63) is 28.2 Å². The van der Waals surface area contributed by atoms with Gasteiger partial charge in [-0.1, -0.05) is 27.7 Å². The molecule has 0 aliphatic rings. The van der Waals surface area contributed by atoms with Gasteiger partial charge in [0.2, 0.25) is 5.16 Å². The van der Waals surface area contributed by atoms with Crippen LogP contribution < -0.4 is 4.74 Å². The number of thioether (sulfide) groups is 1. The summed E-state index contributed by atoms with van der Waals surface area (Å²) in [5, 5.41) is 20.9. The molecule has 0 aliphatic heterocycles. The number of aromatic nitrogens is 4. The zero-order chi connectivity index (χ0) is 13.7. The van der Waals surface area contributed by atoms with E-state index in [-0.39, 0.29) is 6.61 Å². The van der Waals surface area contributed by atoms with Crippen molar-refractivity contribution in [1.29, 1.82) is 0 Å². The third-order valence-electron chi connectivity index (χ3n) is 2.41. The average Bonchev–Trinajstić information content (AvgIpc) is 2.84. The number of tetrazole rings is 1. The number of aliphatic hydroxyl groups excluding tert-OH is 1. The molecule has 2 aromatic rings. The topological polar surface area (TPSA) is 73.1 Å². The molecule has 0 saturated heterocycles. The first kappa shape index (κ1) is 14.3. The lowest BCUT2D eigenvalue weighted by Crippen LogP contribution is -2.05. The van der Waals surface area contributed by atoms with Gasteiger partial charge in [0.1, 0.15) is 5.75 Å². The van der Waals surface area contributed by atoms with Crippen LogP contribution in [-0.4, -0.2) is 39.0 Å². The first-order valence-corrected chi connectivity index (χ1v) is 7.34. The molecule has 1 aromatic carbocycles. The minimum Gasteiger partial charge on any atom is -0.496 e. The van der Waals surface area contributed by atoms with Crippen LogP contribution in [-0.2, 0) is 12.3 Å². The van der Waals surface area contributed by atoms with Crippen LogP contribution in [0.1, 0.15) is 5.56 Å². The number of benzene rings is 1. The lowest BCUT2D eigenvalue weighted by molar-refractivity contribution is 0.262. The van der Waals surface area contributed by atoms with Crippen LogP contribution in [0.5, 0.6) is 5.75 Å². The van der Waals surface area contributed by atoms with E-state index in [1.54, 1.807) is 11.8 Å². The number of halogens is 1. The van der Waals surface area contributed by atoms with E-state index in [0.717, 1.165) is 15.8 Å². The summed E-state index contributed by atoms with van der Waals surface area (Å²) in [7, 11) is 1.65. The Kier molecular flexibility index (Phi) is 5.17. The van der Waals surface area contributed by atoms with Crippen LogP contribution >= 0.6 is 27.7 Å². The van der Waals surface area contributed by atoms with Gasteiger partial charge in [-0.3, -0.25) is 0 Å². The fourth-order valence-electron chi connectivity index (χ4n) is 1.54. The first-order valence-electron chi connectivity index (χ1n) is 5.57. The van der Waals surface area contributed by atoms with E-state index in [9.17, 15) is 0 Å². The van der Waals surface area contributed by atoms with Gasteiger partial charge in [-0.2, -0.15) is 0 Å². The SMILES string of the molecule is COc1ccc(Br)cc1CSc1nnnn1CCO. The van der Waals surface area contributed by atoms with Crippen LogP contribution in [0.3, 0.4) is 0 Å². The Balaban J connectivity index is 2.09. The molecule has 1 N–H and O–H groups in total. The number of rotatable bonds is 6. The van der Waals surface area contributed by atoms with Gasteiger partial charge in [-0.25, -0.2) is 4.68 Å². The lowest BCUT2D eigenvalue weighted by Gasteiger charge is -2.08. The van der Waals surface area contributed by atoms with Gasteiger partial charge in [0.25, 0.3) is 0 Å². The fraction of sp³-hybridized carbons (Fsp3) is 0.364. The Bertz CT molecular complexity index is 549. The van der Waals surface area contributed by atoms with Crippen molar-refractivity contribution in [2.75, 3.05) is 13.7 Å². The Labute approximate surface area is 123 Å². The second kappa shape index (κ2) is 6.88. The van der Waals surface area contributed by atoms with E-state index >= 15 is 0 Å². The largest absolute Gasteiger partial charge is 0.496 e. The predicted octanol–water partition coefficient (Wildman–Crippen LogP) is 1.73. The van der Waals surface area contributed by atoms with E-state index < -0.39 is 0 Å². The van der Waals surface area contributed by atoms with Crippen molar-refractivity contribution in [3.8, 4) is 5.75 Å². The van der Waals surface area contributed by atoms with Crippen LogP contribution in [0.15, 0.2) is 27.8 Å². The summed E-state index contributed by atoms with van der Waals surface area (Å²) in [5.74, 6) is 1.52. The molecule has 0 amide bonds. The van der Waals surface area contributed by atoms with Crippen LogP contribution in [0, 0.1) is 0 Å². The third-order valence-corrected chi connectivity index (χ3v) is 3.91. The summed E-state index contributed by atoms with van der Waals surface area (Å²) in [6.07, 6.45) is 0. The summed E-state index contributed by atoms with van der Waals surface area (Å²) < 4.78 is 7.89. The van der Waals surface area contributed by atoms with Gasteiger partial charge in [0, 0.05) is 15.8 Å². The Morgan fingerprint density at radius 1 is 1.47 bits per heavy atom. The van der Waals surface area contributed by atoms with Crippen LogP contribution in [0.25, 0.3) is 0 Å². The smallest absolute Gasteiger partial charge is 0.209 e. The molecule has 0 spiro atoms. The van der Waals surface area contributed by atoms with E-state index in [0.29, 0.717) is 17.5 Å². The maximum Gasteiger partial charge on any atom is 0.209 e. The number of methoxy groups -OCH3 is 1. The van der Waals surface area contributed by atoms with Crippen molar-refractivity contribution < 1.29 is 9.84 Å². The molecule has 8 heteroatoms. The molecule has 0 fully saturated rings. The molecule has 0 bridgehead atoms. The molecular formula is C11H13BrN4O2S. The van der Waals surface area contributed by atoms with Gasteiger partial charge >= 0.3 is 0 Å². The summed E-state index contributed by atoms with van der Waals surface area (Å²) >= 11 is 4.94. The minimum absolute atomic E-state index is 0.0127. The maximum absolute atomic E-state index is 8.91. The summed E-state index contributed by atoms with van der Waals surface area (Å²) in [6, 6.07) is 5.85. The maximum atomic E-state index is 8.91. The van der Waals surface area contributed by atoms with Crippen LogP contribution in [0.2, 0.25) is 0 Å². The molecule has 19 heavy (non-hydrogen) atoms. The highest BCUT2D eigenvalue weighted by Crippen LogP contribution is 2.29. The summed E-state index contributed by atoms with van der Waals surface area (Å²) in [6.45, 7) is 0.407. The molecule has 0 saturated carbocycles. The Morgan fingerprint density at radius 2 is 2.32 bits per heavy atom. The van der Waals surface area contributed by atoms with E-state index in [2.05, 4.69) is 31.5 Å². The molecule has 2 rings (SSSR count). The second-order valence-corrected chi connectivity index (χ2v) is 5.51. The highest BCUT2D eigenvalue weighted by atomic mass is 79.9. The highest BCUT2D eigenvalue weighted by Gasteiger charge is 2.09. The number of ether oxygens (including phenoxy) is 1. The van der Waals surface area contributed by atoms with Crippen molar-refractivity contribution in [1.82, 2.24) is 20.2 Å².